The van der Waals surface area contributed by atoms with Crippen molar-refractivity contribution in [2.45, 2.75) is 13.0 Å². The van der Waals surface area contributed by atoms with Crippen LogP contribution in [0.3, 0.4) is 0 Å². The molecular formula is C10H13N5. The van der Waals surface area contributed by atoms with Crippen molar-refractivity contribution in [3.63, 3.8) is 0 Å². The first kappa shape index (κ1) is 9.79. The molecule has 5 heteroatoms. The molecule has 0 aliphatic carbocycles. The topological polar surface area (TPSA) is 66.5 Å². The van der Waals surface area contributed by atoms with Crippen molar-refractivity contribution in [3.8, 4) is 0 Å². The van der Waals surface area contributed by atoms with Gasteiger partial charge < -0.3 is 10.3 Å². The molecule has 0 aromatic carbocycles. The molecule has 0 saturated heterocycles. The SMILES string of the molecule is c1cnc(CNCCc2cnc[nH]2)cn1. The van der Waals surface area contributed by atoms with E-state index in [4.69, 9.17) is 0 Å². The molecule has 0 aliphatic rings. The van der Waals surface area contributed by atoms with Crippen molar-refractivity contribution in [2.75, 3.05) is 6.54 Å². The van der Waals surface area contributed by atoms with Crippen molar-refractivity contribution < 1.29 is 0 Å². The van der Waals surface area contributed by atoms with Gasteiger partial charge in [0.1, 0.15) is 0 Å². The standard InChI is InChI=1S/C10H13N5/c1(9-5-13-8-15-9)2-11-6-10-7-12-3-4-14-10/h3-5,7-8,11H,1-2,6H2,(H,13,15). The van der Waals surface area contributed by atoms with E-state index in [-0.39, 0.29) is 0 Å². The zero-order valence-electron chi connectivity index (χ0n) is 8.35. The number of imidazole rings is 1. The molecule has 0 bridgehead atoms. The Bertz CT molecular complexity index is 370. The lowest BCUT2D eigenvalue weighted by Crippen LogP contribution is -2.17. The highest BCUT2D eigenvalue weighted by Crippen LogP contribution is 1.92. The third kappa shape index (κ3) is 3.14. The number of nitrogens with zero attached hydrogens (tertiary/aromatic N) is 3. The highest BCUT2D eigenvalue weighted by atomic mass is 14.9. The molecule has 15 heavy (non-hydrogen) atoms. The van der Waals surface area contributed by atoms with Crippen LogP contribution in [-0.2, 0) is 13.0 Å². The maximum atomic E-state index is 4.17. The Morgan fingerprint density at radius 2 is 2.20 bits per heavy atom. The maximum Gasteiger partial charge on any atom is 0.0921 e. The molecule has 2 N–H and O–H groups in total. The van der Waals surface area contributed by atoms with Gasteiger partial charge >= 0.3 is 0 Å². The van der Waals surface area contributed by atoms with Crippen LogP contribution in [0.25, 0.3) is 0 Å². The summed E-state index contributed by atoms with van der Waals surface area (Å²) in [6.45, 7) is 1.65. The van der Waals surface area contributed by atoms with Crippen molar-refractivity contribution in [2.24, 2.45) is 0 Å². The van der Waals surface area contributed by atoms with E-state index in [1.54, 1.807) is 24.9 Å². The minimum absolute atomic E-state index is 0.752. The molecule has 2 heterocycles. The van der Waals surface area contributed by atoms with Crippen molar-refractivity contribution >= 4 is 0 Å². The largest absolute Gasteiger partial charge is 0.348 e. The Kier molecular flexibility index (Phi) is 3.40. The van der Waals surface area contributed by atoms with Gasteiger partial charge in [0.2, 0.25) is 0 Å². The van der Waals surface area contributed by atoms with Crippen molar-refractivity contribution in [3.05, 3.63) is 42.5 Å². The van der Waals surface area contributed by atoms with Crippen LogP contribution in [0.5, 0.6) is 0 Å². The van der Waals surface area contributed by atoms with E-state index in [1.165, 1.54) is 0 Å². The molecule has 0 atom stereocenters. The van der Waals surface area contributed by atoms with Crippen LogP contribution >= 0.6 is 0 Å². The average Bonchev–Trinajstić information content (AvgIpc) is 2.79. The Labute approximate surface area is 88.0 Å². The minimum Gasteiger partial charge on any atom is -0.348 e. The monoisotopic (exact) mass is 203 g/mol. The summed E-state index contributed by atoms with van der Waals surface area (Å²) >= 11 is 0. The molecule has 0 unspecified atom stereocenters. The first-order valence-corrected chi connectivity index (χ1v) is 4.88. The van der Waals surface area contributed by atoms with Gasteiger partial charge in [-0.1, -0.05) is 0 Å². The lowest BCUT2D eigenvalue weighted by Gasteiger charge is -2.02. The summed E-state index contributed by atoms with van der Waals surface area (Å²) in [4.78, 5) is 15.2. The van der Waals surface area contributed by atoms with Gasteiger partial charge in [0.05, 0.1) is 12.0 Å². The van der Waals surface area contributed by atoms with Crippen LogP contribution < -0.4 is 5.32 Å². The third-order valence-corrected chi connectivity index (χ3v) is 2.05. The van der Waals surface area contributed by atoms with E-state index in [0.29, 0.717) is 0 Å². The Balaban J connectivity index is 1.68. The number of nitrogens with one attached hydrogen (secondary N) is 2. The van der Waals surface area contributed by atoms with Crippen LogP contribution in [0.4, 0.5) is 0 Å². The number of hydrogen-bond donors (Lipinski definition) is 2. The van der Waals surface area contributed by atoms with Crippen LogP contribution in [0.1, 0.15) is 11.4 Å². The molecule has 2 aromatic rings. The number of H-pyrrole nitrogens is 1. The molecule has 5 nitrogen and oxygen atoms in total. The zero-order chi connectivity index (χ0) is 10.3. The molecule has 2 aromatic heterocycles. The fraction of sp³-hybridized carbons (Fsp3) is 0.300. The molecule has 0 saturated carbocycles. The smallest absolute Gasteiger partial charge is 0.0921 e. The van der Waals surface area contributed by atoms with Gasteiger partial charge in [-0.05, 0) is 0 Å². The fourth-order valence-electron chi connectivity index (χ4n) is 1.28. The predicted molar refractivity (Wildman–Crippen MR) is 56.0 cm³/mol. The number of rotatable bonds is 5. The first-order valence-electron chi connectivity index (χ1n) is 4.88. The van der Waals surface area contributed by atoms with Gasteiger partial charge in [-0.25, -0.2) is 4.98 Å². The van der Waals surface area contributed by atoms with E-state index in [2.05, 4.69) is 25.3 Å². The lowest BCUT2D eigenvalue weighted by atomic mass is 10.3. The summed E-state index contributed by atoms with van der Waals surface area (Å²) < 4.78 is 0. The quantitative estimate of drug-likeness (QED) is 0.696. The van der Waals surface area contributed by atoms with Crippen LogP contribution in [0, 0.1) is 0 Å². The maximum absolute atomic E-state index is 4.17. The summed E-state index contributed by atoms with van der Waals surface area (Å²) in [5.41, 5.74) is 2.10. The summed E-state index contributed by atoms with van der Waals surface area (Å²) in [7, 11) is 0. The Hall–Kier alpha value is -1.75. The second-order valence-corrected chi connectivity index (χ2v) is 3.20. The second-order valence-electron chi connectivity index (χ2n) is 3.20. The highest BCUT2D eigenvalue weighted by molar-refractivity contribution is 4.96. The van der Waals surface area contributed by atoms with E-state index in [0.717, 1.165) is 30.9 Å². The van der Waals surface area contributed by atoms with Crippen LogP contribution in [0.15, 0.2) is 31.1 Å². The summed E-state index contributed by atoms with van der Waals surface area (Å²) in [6, 6.07) is 0. The second kappa shape index (κ2) is 5.21. The molecule has 78 valence electrons. The molecule has 0 spiro atoms. The molecular weight excluding hydrogens is 190 g/mol. The Morgan fingerprint density at radius 1 is 1.20 bits per heavy atom. The summed E-state index contributed by atoms with van der Waals surface area (Å²) in [6.07, 6.45) is 9.62. The summed E-state index contributed by atoms with van der Waals surface area (Å²) in [5.74, 6) is 0. The van der Waals surface area contributed by atoms with E-state index in [1.807, 2.05) is 6.20 Å². The lowest BCUT2D eigenvalue weighted by molar-refractivity contribution is 0.667. The van der Waals surface area contributed by atoms with Crippen molar-refractivity contribution in [1.82, 2.24) is 25.3 Å². The normalized spacial score (nSPS) is 10.4. The average molecular weight is 203 g/mol. The molecule has 0 amide bonds. The highest BCUT2D eigenvalue weighted by Gasteiger charge is 1.95. The number of hydrogen-bond acceptors (Lipinski definition) is 4. The predicted octanol–water partition coefficient (Wildman–Crippen LogP) is 0.532. The van der Waals surface area contributed by atoms with Crippen molar-refractivity contribution in [1.29, 1.82) is 0 Å². The van der Waals surface area contributed by atoms with E-state index >= 15 is 0 Å². The molecule has 2 rings (SSSR count). The van der Waals surface area contributed by atoms with Gasteiger partial charge in [-0.3, -0.25) is 9.97 Å². The minimum atomic E-state index is 0.752. The molecule has 0 fully saturated rings. The Morgan fingerprint density at radius 3 is 2.93 bits per heavy atom. The van der Waals surface area contributed by atoms with Gasteiger partial charge in [0, 0.05) is 50.0 Å². The van der Waals surface area contributed by atoms with Gasteiger partial charge in [-0.15, -0.1) is 0 Å². The molecule has 0 radical (unpaired) electrons. The number of aromatic nitrogens is 4. The van der Waals surface area contributed by atoms with E-state index in [9.17, 15) is 0 Å². The van der Waals surface area contributed by atoms with Crippen LogP contribution in [0.2, 0.25) is 0 Å². The number of aromatic amines is 1. The van der Waals surface area contributed by atoms with Gasteiger partial charge in [0.15, 0.2) is 0 Å². The van der Waals surface area contributed by atoms with E-state index < -0.39 is 0 Å². The zero-order valence-corrected chi connectivity index (χ0v) is 8.35. The first-order chi connectivity index (χ1) is 7.45. The summed E-state index contributed by atoms with van der Waals surface area (Å²) in [5, 5.41) is 3.29. The van der Waals surface area contributed by atoms with Crippen LogP contribution in [-0.4, -0.2) is 26.5 Å². The molecule has 0 aliphatic heterocycles. The van der Waals surface area contributed by atoms with Gasteiger partial charge in [0.25, 0.3) is 0 Å². The third-order valence-electron chi connectivity index (χ3n) is 2.05. The van der Waals surface area contributed by atoms with Gasteiger partial charge in [-0.2, -0.15) is 0 Å². The fourth-order valence-corrected chi connectivity index (χ4v) is 1.28.